The molecular formula is C17H21N5O. The Kier molecular flexibility index (Phi) is 4.14. The lowest BCUT2D eigenvalue weighted by Gasteiger charge is -2.19. The number of anilines is 1. The zero-order chi connectivity index (χ0) is 16.3. The van der Waals surface area contributed by atoms with Crippen molar-refractivity contribution in [2.45, 2.75) is 26.2 Å². The SMILES string of the molecule is CC(C)(C)c1cccc(OCCNc2ncnc3nc[nH]c23)c1. The molecule has 0 saturated carbocycles. The van der Waals surface area contributed by atoms with Gasteiger partial charge in [-0.15, -0.1) is 0 Å². The third-order valence-electron chi connectivity index (χ3n) is 3.59. The van der Waals surface area contributed by atoms with Crippen LogP contribution in [-0.2, 0) is 5.41 Å². The van der Waals surface area contributed by atoms with E-state index in [1.807, 2.05) is 12.1 Å². The van der Waals surface area contributed by atoms with Crippen LogP contribution in [-0.4, -0.2) is 33.1 Å². The largest absolute Gasteiger partial charge is 0.492 e. The molecule has 3 aromatic rings. The van der Waals surface area contributed by atoms with Crippen LogP contribution in [0.15, 0.2) is 36.9 Å². The Hall–Kier alpha value is -2.63. The van der Waals surface area contributed by atoms with Crippen LogP contribution in [0, 0.1) is 0 Å². The first-order valence-electron chi connectivity index (χ1n) is 7.65. The smallest absolute Gasteiger partial charge is 0.182 e. The normalized spacial score (nSPS) is 11.6. The second-order valence-corrected chi connectivity index (χ2v) is 6.38. The molecule has 0 aliphatic heterocycles. The summed E-state index contributed by atoms with van der Waals surface area (Å²) >= 11 is 0. The Labute approximate surface area is 135 Å². The number of nitrogens with one attached hydrogen (secondary N) is 2. The van der Waals surface area contributed by atoms with E-state index in [0.29, 0.717) is 18.8 Å². The number of aromatic amines is 1. The van der Waals surface area contributed by atoms with Gasteiger partial charge in [-0.2, -0.15) is 0 Å². The predicted octanol–water partition coefficient (Wildman–Crippen LogP) is 3.14. The molecule has 6 nitrogen and oxygen atoms in total. The second kappa shape index (κ2) is 6.24. The molecule has 6 heteroatoms. The molecule has 2 heterocycles. The van der Waals surface area contributed by atoms with Crippen LogP contribution in [0.1, 0.15) is 26.3 Å². The van der Waals surface area contributed by atoms with Crippen molar-refractivity contribution in [3.8, 4) is 5.75 Å². The van der Waals surface area contributed by atoms with E-state index in [9.17, 15) is 0 Å². The number of aromatic nitrogens is 4. The lowest BCUT2D eigenvalue weighted by Crippen LogP contribution is -2.14. The molecule has 0 atom stereocenters. The number of hydrogen-bond acceptors (Lipinski definition) is 5. The first-order chi connectivity index (χ1) is 11.0. The Morgan fingerprint density at radius 3 is 2.87 bits per heavy atom. The van der Waals surface area contributed by atoms with Crippen molar-refractivity contribution in [2.24, 2.45) is 0 Å². The highest BCUT2D eigenvalue weighted by Crippen LogP contribution is 2.25. The minimum atomic E-state index is 0.116. The molecule has 0 spiro atoms. The van der Waals surface area contributed by atoms with Crippen LogP contribution >= 0.6 is 0 Å². The quantitative estimate of drug-likeness (QED) is 0.708. The van der Waals surface area contributed by atoms with Gasteiger partial charge in [0.1, 0.15) is 24.2 Å². The number of imidazole rings is 1. The van der Waals surface area contributed by atoms with Crippen LogP contribution in [0.25, 0.3) is 11.2 Å². The van der Waals surface area contributed by atoms with E-state index in [1.54, 1.807) is 6.33 Å². The maximum absolute atomic E-state index is 5.83. The van der Waals surface area contributed by atoms with E-state index in [1.165, 1.54) is 11.9 Å². The summed E-state index contributed by atoms with van der Waals surface area (Å²) in [6.07, 6.45) is 3.11. The number of ether oxygens (including phenoxy) is 1. The fourth-order valence-corrected chi connectivity index (χ4v) is 2.29. The number of fused-ring (bicyclic) bond motifs is 1. The summed E-state index contributed by atoms with van der Waals surface area (Å²) in [6.45, 7) is 7.77. The Bertz CT molecular complexity index is 791. The second-order valence-electron chi connectivity index (χ2n) is 6.38. The fraction of sp³-hybridized carbons (Fsp3) is 0.353. The predicted molar refractivity (Wildman–Crippen MR) is 90.8 cm³/mol. The van der Waals surface area contributed by atoms with Crippen LogP contribution in [0.3, 0.4) is 0 Å². The van der Waals surface area contributed by atoms with Crippen LogP contribution in [0.2, 0.25) is 0 Å². The zero-order valence-electron chi connectivity index (χ0n) is 13.6. The van der Waals surface area contributed by atoms with Crippen LogP contribution in [0.5, 0.6) is 5.75 Å². The van der Waals surface area contributed by atoms with Gasteiger partial charge < -0.3 is 15.0 Å². The van der Waals surface area contributed by atoms with Gasteiger partial charge in [-0.3, -0.25) is 0 Å². The van der Waals surface area contributed by atoms with Crippen LogP contribution < -0.4 is 10.1 Å². The molecule has 0 fully saturated rings. The monoisotopic (exact) mass is 311 g/mol. The summed E-state index contributed by atoms with van der Waals surface area (Å²) in [6, 6.07) is 8.23. The summed E-state index contributed by atoms with van der Waals surface area (Å²) in [4.78, 5) is 15.4. The molecule has 0 unspecified atom stereocenters. The molecule has 2 aromatic heterocycles. The van der Waals surface area contributed by atoms with Gasteiger partial charge in [0.15, 0.2) is 11.5 Å². The van der Waals surface area contributed by atoms with Crippen molar-refractivity contribution in [3.05, 3.63) is 42.5 Å². The lowest BCUT2D eigenvalue weighted by molar-refractivity contribution is 0.331. The van der Waals surface area contributed by atoms with E-state index in [2.05, 4.69) is 58.2 Å². The summed E-state index contributed by atoms with van der Waals surface area (Å²) in [5, 5.41) is 3.24. The zero-order valence-corrected chi connectivity index (χ0v) is 13.6. The van der Waals surface area contributed by atoms with Gasteiger partial charge >= 0.3 is 0 Å². The van der Waals surface area contributed by atoms with Gasteiger partial charge in [-0.25, -0.2) is 15.0 Å². The molecule has 2 N–H and O–H groups in total. The molecule has 1 aromatic carbocycles. The van der Waals surface area contributed by atoms with Crippen molar-refractivity contribution >= 4 is 17.0 Å². The third-order valence-corrected chi connectivity index (χ3v) is 3.59. The number of benzene rings is 1. The highest BCUT2D eigenvalue weighted by molar-refractivity contribution is 5.81. The van der Waals surface area contributed by atoms with E-state index >= 15 is 0 Å². The highest BCUT2D eigenvalue weighted by atomic mass is 16.5. The van der Waals surface area contributed by atoms with E-state index in [4.69, 9.17) is 4.74 Å². The molecule has 0 radical (unpaired) electrons. The van der Waals surface area contributed by atoms with Gasteiger partial charge in [-0.05, 0) is 23.1 Å². The lowest BCUT2D eigenvalue weighted by atomic mass is 9.87. The molecule has 120 valence electrons. The number of H-pyrrole nitrogens is 1. The molecule has 23 heavy (non-hydrogen) atoms. The van der Waals surface area contributed by atoms with Crippen LogP contribution in [0.4, 0.5) is 5.82 Å². The van der Waals surface area contributed by atoms with Gasteiger partial charge in [0.25, 0.3) is 0 Å². The average Bonchev–Trinajstić information content (AvgIpc) is 3.00. The number of nitrogens with zero attached hydrogens (tertiary/aromatic N) is 3. The minimum absolute atomic E-state index is 0.116. The van der Waals surface area contributed by atoms with Gasteiger partial charge in [0.05, 0.1) is 12.9 Å². The fourth-order valence-electron chi connectivity index (χ4n) is 2.29. The van der Waals surface area contributed by atoms with E-state index in [-0.39, 0.29) is 5.41 Å². The van der Waals surface area contributed by atoms with Crippen molar-refractivity contribution in [3.63, 3.8) is 0 Å². The molecule has 0 saturated heterocycles. The average molecular weight is 311 g/mol. The van der Waals surface area contributed by atoms with Gasteiger partial charge in [0.2, 0.25) is 0 Å². The third kappa shape index (κ3) is 3.59. The number of rotatable bonds is 5. The number of hydrogen-bond donors (Lipinski definition) is 2. The molecule has 3 rings (SSSR count). The first-order valence-corrected chi connectivity index (χ1v) is 7.65. The first kappa shape index (κ1) is 15.3. The van der Waals surface area contributed by atoms with Gasteiger partial charge in [0, 0.05) is 0 Å². The van der Waals surface area contributed by atoms with Crippen molar-refractivity contribution in [1.29, 1.82) is 0 Å². The molecule has 0 amide bonds. The Balaban J connectivity index is 1.57. The molecular weight excluding hydrogens is 290 g/mol. The summed E-state index contributed by atoms with van der Waals surface area (Å²) in [7, 11) is 0. The molecule has 0 aliphatic rings. The van der Waals surface area contributed by atoms with Crippen molar-refractivity contribution in [2.75, 3.05) is 18.5 Å². The summed E-state index contributed by atoms with van der Waals surface area (Å²) in [5.41, 5.74) is 2.84. The Morgan fingerprint density at radius 1 is 1.17 bits per heavy atom. The Morgan fingerprint density at radius 2 is 2.04 bits per heavy atom. The van der Waals surface area contributed by atoms with E-state index < -0.39 is 0 Å². The summed E-state index contributed by atoms with van der Waals surface area (Å²) in [5.74, 6) is 1.62. The minimum Gasteiger partial charge on any atom is -0.492 e. The topological polar surface area (TPSA) is 75.7 Å². The summed E-state index contributed by atoms with van der Waals surface area (Å²) < 4.78 is 5.83. The molecule has 0 aliphatic carbocycles. The maximum atomic E-state index is 5.83. The van der Waals surface area contributed by atoms with Gasteiger partial charge in [-0.1, -0.05) is 32.9 Å². The molecule has 0 bridgehead atoms. The van der Waals surface area contributed by atoms with Crippen molar-refractivity contribution < 1.29 is 4.74 Å². The van der Waals surface area contributed by atoms with E-state index in [0.717, 1.165) is 17.1 Å². The van der Waals surface area contributed by atoms with Crippen molar-refractivity contribution in [1.82, 2.24) is 19.9 Å². The maximum Gasteiger partial charge on any atom is 0.182 e. The highest BCUT2D eigenvalue weighted by Gasteiger charge is 2.13. The standard InChI is InChI=1S/C17H21N5O/c1-17(2,3)12-5-4-6-13(9-12)23-8-7-18-15-14-16(20-10-19-14)22-11-21-15/h4-6,9-11H,7-8H2,1-3H3,(H2,18,19,20,21,22).